The summed E-state index contributed by atoms with van der Waals surface area (Å²) in [6, 6.07) is 15.3. The van der Waals surface area contributed by atoms with Gasteiger partial charge in [0.1, 0.15) is 23.0 Å². The van der Waals surface area contributed by atoms with Crippen LogP contribution in [0, 0.1) is 10.8 Å². The van der Waals surface area contributed by atoms with Crippen LogP contribution in [0.3, 0.4) is 0 Å². The van der Waals surface area contributed by atoms with Crippen LogP contribution in [0.5, 0.6) is 0 Å². The van der Waals surface area contributed by atoms with Crippen LogP contribution in [0.25, 0.3) is 33.2 Å². The highest BCUT2D eigenvalue weighted by atomic mass is 15.0. The van der Waals surface area contributed by atoms with Crippen LogP contribution in [0.2, 0.25) is 0 Å². The van der Waals surface area contributed by atoms with Gasteiger partial charge in [0, 0.05) is 10.8 Å². The molecule has 2 heterocycles. The Hall–Kier alpha value is -2.96. The van der Waals surface area contributed by atoms with E-state index in [4.69, 9.17) is 31.4 Å². The molecule has 0 saturated heterocycles. The van der Waals surface area contributed by atoms with Crippen molar-refractivity contribution in [2.75, 3.05) is 0 Å². The molecule has 4 rings (SSSR count). The van der Waals surface area contributed by atoms with Gasteiger partial charge < -0.3 is 11.5 Å². The molecule has 166 valence electrons. The Morgan fingerprint density at radius 3 is 1.25 bits per heavy atom. The van der Waals surface area contributed by atoms with Crippen LogP contribution in [-0.4, -0.2) is 19.9 Å². The molecule has 0 amide bonds. The van der Waals surface area contributed by atoms with Crippen molar-refractivity contribution in [1.29, 1.82) is 0 Å². The number of hydrogen-bond donors (Lipinski definition) is 2. The molecule has 6 nitrogen and oxygen atoms in total. The first kappa shape index (κ1) is 22.2. The quantitative estimate of drug-likeness (QED) is 0.457. The zero-order valence-electron chi connectivity index (χ0n) is 19.7. The Morgan fingerprint density at radius 2 is 0.906 bits per heavy atom. The average Bonchev–Trinajstić information content (AvgIpc) is 2.75. The molecule has 0 saturated carbocycles. The standard InChI is InChI=1S/C26H32N6/c1-25(2,3)21(27)23-29-17-13-9-7-11-15(17)19(31-23)20-16-12-8-10-14-18(16)30-24(32-20)22(28)26(4,5)6/h7-14,21-22H,27-28H2,1-6H3/t21-,22-/m1/s1. The van der Waals surface area contributed by atoms with Crippen molar-refractivity contribution in [2.24, 2.45) is 22.3 Å². The first-order valence-electron chi connectivity index (χ1n) is 11.0. The van der Waals surface area contributed by atoms with E-state index in [0.29, 0.717) is 11.6 Å². The van der Waals surface area contributed by atoms with Crippen molar-refractivity contribution in [3.05, 3.63) is 60.2 Å². The molecule has 2 aromatic heterocycles. The Balaban J connectivity index is 2.06. The molecule has 4 N–H and O–H groups in total. The summed E-state index contributed by atoms with van der Waals surface area (Å²) in [6.07, 6.45) is 0. The lowest BCUT2D eigenvalue weighted by molar-refractivity contribution is 0.315. The van der Waals surface area contributed by atoms with Crippen molar-refractivity contribution < 1.29 is 0 Å². The summed E-state index contributed by atoms with van der Waals surface area (Å²) in [5.41, 5.74) is 16.0. The van der Waals surface area contributed by atoms with Gasteiger partial charge in [-0.2, -0.15) is 0 Å². The zero-order valence-corrected chi connectivity index (χ0v) is 19.7. The molecule has 0 aliphatic rings. The van der Waals surface area contributed by atoms with Gasteiger partial charge in [-0.3, -0.25) is 0 Å². The third kappa shape index (κ3) is 4.08. The highest BCUT2D eigenvalue weighted by Crippen LogP contribution is 2.36. The fourth-order valence-electron chi connectivity index (χ4n) is 3.60. The first-order chi connectivity index (χ1) is 15.0. The number of aromatic nitrogens is 4. The van der Waals surface area contributed by atoms with Gasteiger partial charge in [-0.1, -0.05) is 77.9 Å². The minimum Gasteiger partial charge on any atom is -0.321 e. The van der Waals surface area contributed by atoms with Gasteiger partial charge in [-0.05, 0) is 23.0 Å². The minimum absolute atomic E-state index is 0.187. The van der Waals surface area contributed by atoms with Crippen molar-refractivity contribution in [1.82, 2.24) is 19.9 Å². The van der Waals surface area contributed by atoms with Crippen molar-refractivity contribution in [3.63, 3.8) is 0 Å². The van der Waals surface area contributed by atoms with E-state index in [9.17, 15) is 0 Å². The fraction of sp³-hybridized carbons (Fsp3) is 0.385. The molecule has 4 aromatic rings. The van der Waals surface area contributed by atoms with Crippen LogP contribution < -0.4 is 11.5 Å². The van der Waals surface area contributed by atoms with Gasteiger partial charge in [-0.25, -0.2) is 19.9 Å². The smallest absolute Gasteiger partial charge is 0.146 e. The SMILES string of the molecule is CC(C)(C)[C@H](N)c1nc(-c2nc([C@@H](N)C(C)(C)C)nc3ccccc23)c2ccccc2n1. The predicted octanol–water partition coefficient (Wildman–Crippen LogP) is 5.33. The van der Waals surface area contributed by atoms with Crippen LogP contribution in [0.15, 0.2) is 48.5 Å². The number of hydrogen-bond acceptors (Lipinski definition) is 6. The largest absolute Gasteiger partial charge is 0.321 e. The van der Waals surface area contributed by atoms with Gasteiger partial charge in [0.05, 0.1) is 23.1 Å². The number of para-hydroxylation sites is 2. The van der Waals surface area contributed by atoms with Crippen LogP contribution in [0.1, 0.15) is 65.3 Å². The number of nitrogens with zero attached hydrogens (tertiary/aromatic N) is 4. The normalized spacial score (nSPS) is 14.6. The van der Waals surface area contributed by atoms with E-state index in [2.05, 4.69) is 41.5 Å². The van der Waals surface area contributed by atoms with E-state index < -0.39 is 0 Å². The lowest BCUT2D eigenvalue weighted by Gasteiger charge is -2.27. The first-order valence-corrected chi connectivity index (χ1v) is 11.0. The van der Waals surface area contributed by atoms with Gasteiger partial charge in [0.2, 0.25) is 0 Å². The zero-order chi connectivity index (χ0) is 23.3. The molecule has 6 heteroatoms. The maximum atomic E-state index is 6.58. The molecule has 0 unspecified atom stereocenters. The summed E-state index contributed by atoms with van der Waals surface area (Å²) in [4.78, 5) is 19.6. The van der Waals surface area contributed by atoms with Crippen molar-refractivity contribution in [2.45, 2.75) is 53.6 Å². The second kappa shape index (κ2) is 7.87. The summed E-state index contributed by atoms with van der Waals surface area (Å²) < 4.78 is 0. The monoisotopic (exact) mass is 428 g/mol. The Morgan fingerprint density at radius 1 is 0.562 bits per heavy atom. The number of fused-ring (bicyclic) bond motifs is 2. The molecular weight excluding hydrogens is 396 g/mol. The average molecular weight is 429 g/mol. The second-order valence-corrected chi connectivity index (χ2v) is 10.6. The fourth-order valence-corrected chi connectivity index (χ4v) is 3.60. The third-order valence-electron chi connectivity index (χ3n) is 5.89. The molecule has 0 radical (unpaired) electrons. The van der Waals surface area contributed by atoms with E-state index >= 15 is 0 Å². The van der Waals surface area contributed by atoms with E-state index in [-0.39, 0.29) is 22.9 Å². The molecule has 0 spiro atoms. The molecular formula is C26H32N6. The number of nitrogens with two attached hydrogens (primary N) is 2. The lowest BCUT2D eigenvalue weighted by Crippen LogP contribution is -2.29. The maximum Gasteiger partial charge on any atom is 0.146 e. The molecule has 0 aliphatic carbocycles. The number of rotatable bonds is 3. The summed E-state index contributed by atoms with van der Waals surface area (Å²) >= 11 is 0. The summed E-state index contributed by atoms with van der Waals surface area (Å²) in [5.74, 6) is 1.21. The third-order valence-corrected chi connectivity index (χ3v) is 5.89. The minimum atomic E-state index is -0.324. The molecule has 32 heavy (non-hydrogen) atoms. The second-order valence-electron chi connectivity index (χ2n) is 10.6. The van der Waals surface area contributed by atoms with E-state index in [1.807, 2.05) is 48.5 Å². The Kier molecular flexibility index (Phi) is 5.47. The lowest BCUT2D eigenvalue weighted by atomic mass is 9.86. The number of benzene rings is 2. The van der Waals surface area contributed by atoms with Crippen LogP contribution >= 0.6 is 0 Å². The highest BCUT2D eigenvalue weighted by Gasteiger charge is 2.29. The van der Waals surface area contributed by atoms with Crippen LogP contribution in [0.4, 0.5) is 0 Å². The Labute approximate surface area is 189 Å². The van der Waals surface area contributed by atoms with E-state index in [1.165, 1.54) is 0 Å². The highest BCUT2D eigenvalue weighted by molar-refractivity contribution is 6.00. The summed E-state index contributed by atoms with van der Waals surface area (Å²) in [7, 11) is 0. The van der Waals surface area contributed by atoms with Crippen molar-refractivity contribution in [3.8, 4) is 11.4 Å². The van der Waals surface area contributed by atoms with E-state index in [1.54, 1.807) is 0 Å². The predicted molar refractivity (Wildman–Crippen MR) is 131 cm³/mol. The van der Waals surface area contributed by atoms with Gasteiger partial charge in [0.25, 0.3) is 0 Å². The molecule has 2 aromatic carbocycles. The Bertz CT molecular complexity index is 1180. The van der Waals surface area contributed by atoms with Gasteiger partial charge >= 0.3 is 0 Å². The summed E-state index contributed by atoms with van der Waals surface area (Å²) in [5, 5.41) is 1.85. The maximum absolute atomic E-state index is 6.58. The van der Waals surface area contributed by atoms with Crippen LogP contribution in [-0.2, 0) is 0 Å². The van der Waals surface area contributed by atoms with Gasteiger partial charge in [0.15, 0.2) is 0 Å². The molecule has 2 atom stereocenters. The molecule has 0 fully saturated rings. The topological polar surface area (TPSA) is 104 Å². The summed E-state index contributed by atoms with van der Waals surface area (Å²) in [6.45, 7) is 12.6. The molecule has 0 bridgehead atoms. The van der Waals surface area contributed by atoms with Gasteiger partial charge in [-0.15, -0.1) is 0 Å². The van der Waals surface area contributed by atoms with Crippen molar-refractivity contribution >= 4 is 21.8 Å². The van der Waals surface area contributed by atoms with E-state index in [0.717, 1.165) is 33.2 Å². The molecule has 0 aliphatic heterocycles.